The molecule has 0 unspecified atom stereocenters. The molecule has 0 saturated carbocycles. The molecule has 6 heteroatoms. The molecule has 74 valence electrons. The minimum Gasteiger partial charge on any atom is -0.264 e. The van der Waals surface area contributed by atoms with Crippen LogP contribution in [0.15, 0.2) is 18.2 Å². The van der Waals surface area contributed by atoms with Gasteiger partial charge in [0.2, 0.25) is 6.54 Å². The second kappa shape index (κ2) is 3.82. The lowest BCUT2D eigenvalue weighted by molar-refractivity contribution is -0.496. The summed E-state index contributed by atoms with van der Waals surface area (Å²) in [4.78, 5) is 19.5. The lowest BCUT2D eigenvalue weighted by atomic mass is 10.1. The van der Waals surface area contributed by atoms with E-state index in [1.165, 1.54) is 12.1 Å². The van der Waals surface area contributed by atoms with Gasteiger partial charge in [0.15, 0.2) is 0 Å². The van der Waals surface area contributed by atoms with Gasteiger partial charge in [-0.3, -0.25) is 20.2 Å². The zero-order valence-electron chi connectivity index (χ0n) is 7.47. The molecule has 0 aliphatic rings. The first-order valence-corrected chi connectivity index (χ1v) is 3.86. The lowest BCUT2D eigenvalue weighted by Crippen LogP contribution is -1.99. The van der Waals surface area contributed by atoms with E-state index in [1.54, 1.807) is 13.0 Å². The van der Waals surface area contributed by atoms with Gasteiger partial charge >= 0.3 is 0 Å². The summed E-state index contributed by atoms with van der Waals surface area (Å²) in [5, 5.41) is 20.6. The van der Waals surface area contributed by atoms with Gasteiger partial charge < -0.3 is 0 Å². The van der Waals surface area contributed by atoms with E-state index in [-0.39, 0.29) is 12.2 Å². The van der Waals surface area contributed by atoms with Crippen LogP contribution in [0.2, 0.25) is 0 Å². The summed E-state index contributed by atoms with van der Waals surface area (Å²) in [6.45, 7) is 1.28. The molecule has 0 atom stereocenters. The zero-order valence-corrected chi connectivity index (χ0v) is 7.47. The lowest BCUT2D eigenvalue weighted by Gasteiger charge is -1.98. The van der Waals surface area contributed by atoms with Crippen LogP contribution in [0.4, 0.5) is 5.69 Å². The van der Waals surface area contributed by atoms with Gasteiger partial charge in [-0.15, -0.1) is 0 Å². The number of nitro benzene ring substituents is 1. The van der Waals surface area contributed by atoms with Crippen molar-refractivity contribution in [3.05, 3.63) is 49.6 Å². The molecule has 0 aliphatic carbocycles. The molecule has 0 amide bonds. The Hall–Kier alpha value is -1.98. The van der Waals surface area contributed by atoms with E-state index >= 15 is 0 Å². The number of nitrogens with zero attached hydrogens (tertiary/aromatic N) is 2. The van der Waals surface area contributed by atoms with Gasteiger partial charge in [0.1, 0.15) is 0 Å². The molecule has 1 rings (SSSR count). The molecule has 0 spiro atoms. The summed E-state index contributed by atoms with van der Waals surface area (Å²) in [6.07, 6.45) is 0. The Morgan fingerprint density at radius 2 is 1.86 bits per heavy atom. The number of hydrogen-bond donors (Lipinski definition) is 0. The molecular formula is C8H8N2O4. The zero-order chi connectivity index (χ0) is 10.7. The summed E-state index contributed by atoms with van der Waals surface area (Å²) in [5.74, 6) is 0. The highest BCUT2D eigenvalue weighted by atomic mass is 16.6. The molecule has 14 heavy (non-hydrogen) atoms. The summed E-state index contributed by atoms with van der Waals surface area (Å²) in [5.41, 5.74) is 0.889. The highest BCUT2D eigenvalue weighted by Gasteiger charge is 2.10. The van der Waals surface area contributed by atoms with E-state index in [2.05, 4.69) is 0 Å². The first-order chi connectivity index (χ1) is 6.49. The topological polar surface area (TPSA) is 86.3 Å². The van der Waals surface area contributed by atoms with Crippen molar-refractivity contribution in [2.75, 3.05) is 0 Å². The molecular weight excluding hydrogens is 188 g/mol. The quantitative estimate of drug-likeness (QED) is 0.543. The van der Waals surface area contributed by atoms with Crippen molar-refractivity contribution >= 4 is 5.69 Å². The monoisotopic (exact) mass is 196 g/mol. The fourth-order valence-electron chi connectivity index (χ4n) is 1.19. The Labute approximate surface area is 79.5 Å². The Kier molecular flexibility index (Phi) is 2.76. The van der Waals surface area contributed by atoms with Crippen LogP contribution in [0.1, 0.15) is 11.1 Å². The fraction of sp³-hybridized carbons (Fsp3) is 0.250. The molecule has 0 aromatic heterocycles. The molecule has 6 nitrogen and oxygen atoms in total. The van der Waals surface area contributed by atoms with Crippen LogP contribution in [-0.4, -0.2) is 9.85 Å². The SMILES string of the molecule is Cc1cc(C[N+](=O)[O-])cc([N+](=O)[O-])c1. The van der Waals surface area contributed by atoms with E-state index in [0.717, 1.165) is 0 Å². The van der Waals surface area contributed by atoms with Gasteiger partial charge in [-0.1, -0.05) is 0 Å². The Balaban J connectivity index is 3.07. The number of non-ortho nitro benzene ring substituents is 1. The van der Waals surface area contributed by atoms with Crippen molar-refractivity contribution < 1.29 is 9.85 Å². The molecule has 0 fully saturated rings. The summed E-state index contributed by atoms with van der Waals surface area (Å²) in [7, 11) is 0. The van der Waals surface area contributed by atoms with Crippen molar-refractivity contribution in [1.29, 1.82) is 0 Å². The maximum absolute atomic E-state index is 10.4. The van der Waals surface area contributed by atoms with Crippen LogP contribution in [0.5, 0.6) is 0 Å². The largest absolute Gasteiger partial charge is 0.270 e. The van der Waals surface area contributed by atoms with Gasteiger partial charge in [0.25, 0.3) is 5.69 Å². The molecule has 0 aliphatic heterocycles. The van der Waals surface area contributed by atoms with Crippen LogP contribution in [0, 0.1) is 27.2 Å². The third-order valence-corrected chi connectivity index (χ3v) is 1.64. The summed E-state index contributed by atoms with van der Waals surface area (Å²) < 4.78 is 0. The average Bonchev–Trinajstić information content (AvgIpc) is 2.01. The van der Waals surface area contributed by atoms with Gasteiger partial charge in [-0.25, -0.2) is 0 Å². The third kappa shape index (κ3) is 2.51. The number of rotatable bonds is 3. The maximum atomic E-state index is 10.4. The van der Waals surface area contributed by atoms with Crippen LogP contribution in [0.3, 0.4) is 0 Å². The van der Waals surface area contributed by atoms with E-state index in [9.17, 15) is 20.2 Å². The van der Waals surface area contributed by atoms with Gasteiger partial charge in [0.05, 0.1) is 4.92 Å². The van der Waals surface area contributed by atoms with Crippen LogP contribution < -0.4 is 0 Å². The standard InChI is InChI=1S/C8H8N2O4/c1-6-2-7(5-9(11)12)4-8(3-6)10(13)14/h2-4H,5H2,1H3. The van der Waals surface area contributed by atoms with E-state index in [1.807, 2.05) is 0 Å². The summed E-state index contributed by atoms with van der Waals surface area (Å²) >= 11 is 0. The van der Waals surface area contributed by atoms with E-state index < -0.39 is 9.85 Å². The molecule has 1 aromatic carbocycles. The second-order valence-corrected chi connectivity index (χ2v) is 2.92. The van der Waals surface area contributed by atoms with Crippen molar-refractivity contribution in [3.8, 4) is 0 Å². The van der Waals surface area contributed by atoms with Gasteiger partial charge in [-0.2, -0.15) is 0 Å². The number of benzene rings is 1. The van der Waals surface area contributed by atoms with E-state index in [0.29, 0.717) is 11.1 Å². The minimum atomic E-state index is -0.559. The molecule has 0 bridgehead atoms. The third-order valence-electron chi connectivity index (χ3n) is 1.64. The Morgan fingerprint density at radius 3 is 2.36 bits per heavy atom. The number of aryl methyl sites for hydroxylation is 1. The average molecular weight is 196 g/mol. The highest BCUT2D eigenvalue weighted by molar-refractivity contribution is 5.38. The predicted octanol–water partition coefficient (Wildman–Crippen LogP) is 1.68. The molecule has 0 heterocycles. The molecule has 0 saturated heterocycles. The Bertz CT molecular complexity index is 389. The second-order valence-electron chi connectivity index (χ2n) is 2.92. The fourth-order valence-corrected chi connectivity index (χ4v) is 1.19. The van der Waals surface area contributed by atoms with Crippen molar-refractivity contribution in [2.45, 2.75) is 13.5 Å². The van der Waals surface area contributed by atoms with Gasteiger partial charge in [0, 0.05) is 22.6 Å². The number of nitro groups is 2. The first kappa shape index (κ1) is 10.1. The number of hydrogen-bond acceptors (Lipinski definition) is 4. The molecule has 0 N–H and O–H groups in total. The van der Waals surface area contributed by atoms with E-state index in [4.69, 9.17) is 0 Å². The first-order valence-electron chi connectivity index (χ1n) is 3.86. The van der Waals surface area contributed by atoms with Crippen LogP contribution in [0.25, 0.3) is 0 Å². The maximum Gasteiger partial charge on any atom is 0.270 e. The van der Waals surface area contributed by atoms with Crippen molar-refractivity contribution in [2.24, 2.45) is 0 Å². The van der Waals surface area contributed by atoms with Crippen LogP contribution in [-0.2, 0) is 6.54 Å². The smallest absolute Gasteiger partial charge is 0.264 e. The normalized spacial score (nSPS) is 9.79. The molecule has 1 aromatic rings. The predicted molar refractivity (Wildman–Crippen MR) is 48.5 cm³/mol. The van der Waals surface area contributed by atoms with Gasteiger partial charge in [-0.05, 0) is 18.6 Å². The summed E-state index contributed by atoms with van der Waals surface area (Å²) in [6, 6.07) is 4.16. The molecule has 0 radical (unpaired) electrons. The van der Waals surface area contributed by atoms with Crippen molar-refractivity contribution in [3.63, 3.8) is 0 Å². The van der Waals surface area contributed by atoms with Crippen LogP contribution >= 0.6 is 0 Å². The highest BCUT2D eigenvalue weighted by Crippen LogP contribution is 2.16. The Morgan fingerprint density at radius 1 is 1.21 bits per heavy atom. The minimum absolute atomic E-state index is 0.109. The van der Waals surface area contributed by atoms with Crippen molar-refractivity contribution in [1.82, 2.24) is 0 Å².